The highest BCUT2D eigenvalue weighted by Gasteiger charge is 2.17. The highest BCUT2D eigenvalue weighted by Crippen LogP contribution is 2.10. The number of nitrogens with two attached hydrogens (primary N) is 1. The number of aryl methyl sites for hydroxylation is 1. The van der Waals surface area contributed by atoms with E-state index in [-0.39, 0.29) is 10.6 Å². The van der Waals surface area contributed by atoms with Crippen molar-refractivity contribution in [2.45, 2.75) is 32.7 Å². The molecule has 1 rings (SSSR count). The molecule has 1 aromatic rings. The minimum absolute atomic E-state index is 0.0207. The molecule has 0 aliphatic carbocycles. The molecular formula is C13H17FN2OS. The molecular weight excluding hydrogens is 251 g/mol. The highest BCUT2D eigenvalue weighted by molar-refractivity contribution is 7.80. The van der Waals surface area contributed by atoms with E-state index in [1.165, 1.54) is 12.1 Å². The van der Waals surface area contributed by atoms with E-state index in [0.29, 0.717) is 6.42 Å². The Hall–Kier alpha value is -1.49. The Morgan fingerprint density at radius 2 is 2.22 bits per heavy atom. The van der Waals surface area contributed by atoms with Crippen LogP contribution in [0.4, 0.5) is 4.39 Å². The Bertz CT molecular complexity index is 462. The van der Waals surface area contributed by atoms with Gasteiger partial charge in [0.1, 0.15) is 5.82 Å². The van der Waals surface area contributed by atoms with Gasteiger partial charge in [0.05, 0.1) is 16.6 Å². The van der Waals surface area contributed by atoms with Crippen LogP contribution in [0.25, 0.3) is 0 Å². The number of nitrogens with one attached hydrogen (secondary N) is 1. The first-order valence-corrected chi connectivity index (χ1v) is 6.22. The molecule has 98 valence electrons. The smallest absolute Gasteiger partial charge is 0.254 e. The lowest BCUT2D eigenvalue weighted by Crippen LogP contribution is -2.43. The van der Waals surface area contributed by atoms with Crippen LogP contribution in [0, 0.1) is 12.7 Å². The molecule has 0 saturated carbocycles. The van der Waals surface area contributed by atoms with Gasteiger partial charge < -0.3 is 11.1 Å². The molecule has 0 saturated heterocycles. The van der Waals surface area contributed by atoms with Gasteiger partial charge in [0.2, 0.25) is 0 Å². The van der Waals surface area contributed by atoms with Crippen molar-refractivity contribution in [3.63, 3.8) is 0 Å². The fourth-order valence-corrected chi connectivity index (χ4v) is 1.80. The molecule has 0 spiro atoms. The number of rotatable bonds is 5. The SMILES string of the molecule is CCCC(NC(=O)c1cc(C)ccc1F)C(N)=S. The molecule has 0 bridgehead atoms. The molecule has 0 fully saturated rings. The van der Waals surface area contributed by atoms with Gasteiger partial charge in [0.15, 0.2) is 0 Å². The van der Waals surface area contributed by atoms with E-state index in [2.05, 4.69) is 5.32 Å². The molecule has 0 aliphatic rings. The Morgan fingerprint density at radius 3 is 2.78 bits per heavy atom. The van der Waals surface area contributed by atoms with Crippen LogP contribution >= 0.6 is 12.2 Å². The fourth-order valence-electron chi connectivity index (χ4n) is 1.62. The van der Waals surface area contributed by atoms with E-state index >= 15 is 0 Å². The van der Waals surface area contributed by atoms with Crippen LogP contribution in [-0.4, -0.2) is 16.9 Å². The normalized spacial score (nSPS) is 11.9. The van der Waals surface area contributed by atoms with Crippen molar-refractivity contribution in [3.05, 3.63) is 35.1 Å². The van der Waals surface area contributed by atoms with Gasteiger partial charge in [-0.1, -0.05) is 37.2 Å². The molecule has 0 aliphatic heterocycles. The summed E-state index contributed by atoms with van der Waals surface area (Å²) in [5, 5.41) is 2.66. The lowest BCUT2D eigenvalue weighted by molar-refractivity contribution is 0.0941. The quantitative estimate of drug-likeness (QED) is 0.806. The van der Waals surface area contributed by atoms with Crippen molar-refractivity contribution >= 4 is 23.1 Å². The maximum absolute atomic E-state index is 13.5. The number of benzene rings is 1. The first-order valence-electron chi connectivity index (χ1n) is 5.82. The van der Waals surface area contributed by atoms with Crippen molar-refractivity contribution in [2.24, 2.45) is 5.73 Å². The third kappa shape index (κ3) is 3.77. The van der Waals surface area contributed by atoms with Gasteiger partial charge in [-0.05, 0) is 25.5 Å². The summed E-state index contributed by atoms with van der Waals surface area (Å²) in [6.45, 7) is 3.76. The van der Waals surface area contributed by atoms with Crippen LogP contribution in [0.3, 0.4) is 0 Å². The second-order valence-corrected chi connectivity index (χ2v) is 4.67. The van der Waals surface area contributed by atoms with Gasteiger partial charge >= 0.3 is 0 Å². The number of hydrogen-bond donors (Lipinski definition) is 2. The zero-order valence-corrected chi connectivity index (χ0v) is 11.3. The molecule has 0 heterocycles. The summed E-state index contributed by atoms with van der Waals surface area (Å²) < 4.78 is 13.5. The van der Waals surface area contributed by atoms with Crippen LogP contribution in [0.15, 0.2) is 18.2 Å². The molecule has 1 amide bonds. The minimum Gasteiger partial charge on any atom is -0.392 e. The third-order valence-corrected chi connectivity index (χ3v) is 2.88. The molecule has 1 aromatic carbocycles. The zero-order chi connectivity index (χ0) is 13.7. The van der Waals surface area contributed by atoms with Gasteiger partial charge in [-0.2, -0.15) is 0 Å². The van der Waals surface area contributed by atoms with E-state index in [9.17, 15) is 9.18 Å². The lowest BCUT2D eigenvalue weighted by atomic mass is 10.1. The van der Waals surface area contributed by atoms with Crippen molar-refractivity contribution in [1.29, 1.82) is 0 Å². The average molecular weight is 268 g/mol. The van der Waals surface area contributed by atoms with Gasteiger partial charge in [-0.3, -0.25) is 4.79 Å². The molecule has 18 heavy (non-hydrogen) atoms. The number of amides is 1. The Kier molecular flexibility index (Phi) is 5.22. The van der Waals surface area contributed by atoms with Crippen molar-refractivity contribution in [3.8, 4) is 0 Å². The molecule has 0 aromatic heterocycles. The summed E-state index contributed by atoms with van der Waals surface area (Å²) in [6, 6.07) is 4.01. The Morgan fingerprint density at radius 1 is 1.56 bits per heavy atom. The molecule has 3 N–H and O–H groups in total. The largest absolute Gasteiger partial charge is 0.392 e. The maximum Gasteiger partial charge on any atom is 0.254 e. The number of hydrogen-bond acceptors (Lipinski definition) is 2. The molecule has 5 heteroatoms. The third-order valence-electron chi connectivity index (χ3n) is 2.59. The molecule has 0 radical (unpaired) electrons. The predicted octanol–water partition coefficient (Wildman–Crippen LogP) is 2.32. The van der Waals surface area contributed by atoms with Crippen molar-refractivity contribution in [2.75, 3.05) is 0 Å². The first-order chi connectivity index (χ1) is 8.45. The Balaban J connectivity index is 2.86. The maximum atomic E-state index is 13.5. The van der Waals surface area contributed by atoms with Gasteiger partial charge in [0, 0.05) is 0 Å². The lowest BCUT2D eigenvalue weighted by Gasteiger charge is -2.17. The summed E-state index contributed by atoms with van der Waals surface area (Å²) in [5.41, 5.74) is 6.38. The second-order valence-electron chi connectivity index (χ2n) is 4.20. The number of thiocarbonyl (C=S) groups is 1. The van der Waals surface area contributed by atoms with E-state index < -0.39 is 17.8 Å². The van der Waals surface area contributed by atoms with Crippen molar-refractivity contribution < 1.29 is 9.18 Å². The van der Waals surface area contributed by atoms with Crippen LogP contribution in [0.1, 0.15) is 35.7 Å². The highest BCUT2D eigenvalue weighted by atomic mass is 32.1. The zero-order valence-electron chi connectivity index (χ0n) is 10.5. The molecule has 1 unspecified atom stereocenters. The first kappa shape index (κ1) is 14.6. The average Bonchev–Trinajstić information content (AvgIpc) is 2.31. The van der Waals surface area contributed by atoms with E-state index in [4.69, 9.17) is 18.0 Å². The van der Waals surface area contributed by atoms with E-state index in [1.807, 2.05) is 6.92 Å². The molecule has 1 atom stereocenters. The van der Waals surface area contributed by atoms with Gasteiger partial charge in [0.25, 0.3) is 5.91 Å². The summed E-state index contributed by atoms with van der Waals surface area (Å²) in [6.07, 6.45) is 1.48. The summed E-state index contributed by atoms with van der Waals surface area (Å²) in [7, 11) is 0. The van der Waals surface area contributed by atoms with Crippen LogP contribution in [0.2, 0.25) is 0 Å². The summed E-state index contributed by atoms with van der Waals surface area (Å²) in [4.78, 5) is 12.2. The standard InChI is InChI=1S/C13H17FN2OS/c1-3-4-11(12(15)18)16-13(17)9-7-8(2)5-6-10(9)14/h5-7,11H,3-4H2,1-2H3,(H2,15,18)(H,16,17). The van der Waals surface area contributed by atoms with Gasteiger partial charge in [-0.15, -0.1) is 0 Å². The van der Waals surface area contributed by atoms with E-state index in [0.717, 1.165) is 12.0 Å². The summed E-state index contributed by atoms with van der Waals surface area (Å²) in [5.74, 6) is -1.03. The van der Waals surface area contributed by atoms with E-state index in [1.54, 1.807) is 13.0 Å². The van der Waals surface area contributed by atoms with Gasteiger partial charge in [-0.25, -0.2) is 4.39 Å². The number of carbonyl (C=O) groups is 1. The van der Waals surface area contributed by atoms with Crippen LogP contribution in [-0.2, 0) is 0 Å². The van der Waals surface area contributed by atoms with Crippen LogP contribution in [0.5, 0.6) is 0 Å². The number of halogens is 1. The topological polar surface area (TPSA) is 55.1 Å². The van der Waals surface area contributed by atoms with Crippen molar-refractivity contribution in [1.82, 2.24) is 5.32 Å². The van der Waals surface area contributed by atoms with Crippen LogP contribution < -0.4 is 11.1 Å². The summed E-state index contributed by atoms with van der Waals surface area (Å²) >= 11 is 4.88. The minimum atomic E-state index is -0.545. The number of carbonyl (C=O) groups excluding carboxylic acids is 1. The predicted molar refractivity (Wildman–Crippen MR) is 74.1 cm³/mol. The fraction of sp³-hybridized carbons (Fsp3) is 0.385. The Labute approximate surface area is 112 Å². The molecule has 3 nitrogen and oxygen atoms in total. The second kappa shape index (κ2) is 6.44. The monoisotopic (exact) mass is 268 g/mol.